The van der Waals surface area contributed by atoms with Gasteiger partial charge < -0.3 is 14.8 Å². The monoisotopic (exact) mass is 271 g/mol. The number of carbonyl (C=O) groups excluding carboxylic acids is 2. The molecule has 1 aliphatic rings. The number of ketones is 1. The first kappa shape index (κ1) is 12.6. The van der Waals surface area contributed by atoms with Crippen molar-refractivity contribution in [1.82, 2.24) is 0 Å². The van der Waals surface area contributed by atoms with Crippen LogP contribution in [0.3, 0.4) is 0 Å². The van der Waals surface area contributed by atoms with E-state index >= 15 is 0 Å². The van der Waals surface area contributed by atoms with Crippen molar-refractivity contribution >= 4 is 17.4 Å². The molecule has 102 valence electrons. The van der Waals surface area contributed by atoms with Crippen LogP contribution < -0.4 is 5.32 Å². The number of carbonyl (C=O) groups is 2. The molecule has 0 bridgehead atoms. The van der Waals surface area contributed by atoms with Crippen molar-refractivity contribution in [2.45, 2.75) is 18.9 Å². The molecule has 0 radical (unpaired) electrons. The molecule has 0 aliphatic carbocycles. The van der Waals surface area contributed by atoms with Crippen molar-refractivity contribution in [3.05, 3.63) is 53.5 Å². The number of hydrogen-bond acceptors (Lipinski definition) is 4. The Morgan fingerprint density at radius 1 is 1.40 bits per heavy atom. The van der Waals surface area contributed by atoms with E-state index in [0.717, 1.165) is 5.56 Å². The minimum Gasteiger partial charge on any atom is -0.461 e. The first-order chi connectivity index (χ1) is 9.50. The molecular weight excluding hydrogens is 258 g/mol. The van der Waals surface area contributed by atoms with Crippen molar-refractivity contribution < 1.29 is 19.1 Å². The highest BCUT2D eigenvalue weighted by molar-refractivity contribution is 6.08. The van der Waals surface area contributed by atoms with Gasteiger partial charge in [0.15, 0.2) is 11.4 Å². The molecule has 2 heterocycles. The summed E-state index contributed by atoms with van der Waals surface area (Å²) in [5.74, 6) is -0.868. The van der Waals surface area contributed by atoms with Crippen LogP contribution in [0.5, 0.6) is 0 Å². The van der Waals surface area contributed by atoms with Crippen molar-refractivity contribution in [3.8, 4) is 0 Å². The van der Waals surface area contributed by atoms with Gasteiger partial charge in [-0.3, -0.25) is 9.59 Å². The van der Waals surface area contributed by atoms with Gasteiger partial charge in [-0.25, -0.2) is 0 Å². The van der Waals surface area contributed by atoms with E-state index < -0.39 is 17.3 Å². The highest BCUT2D eigenvalue weighted by atomic mass is 16.3. The smallest absolute Gasteiger partial charge is 0.261 e. The summed E-state index contributed by atoms with van der Waals surface area (Å²) in [7, 11) is 0. The number of furan rings is 1. The average molecular weight is 271 g/mol. The second-order valence-electron chi connectivity index (χ2n) is 4.94. The Labute approximate surface area is 115 Å². The van der Waals surface area contributed by atoms with E-state index in [-0.39, 0.29) is 12.2 Å². The van der Waals surface area contributed by atoms with E-state index in [0.29, 0.717) is 11.3 Å². The minimum atomic E-state index is -1.84. The summed E-state index contributed by atoms with van der Waals surface area (Å²) < 4.78 is 5.01. The van der Waals surface area contributed by atoms with Crippen LogP contribution in [-0.4, -0.2) is 16.8 Å². The fourth-order valence-corrected chi connectivity index (χ4v) is 2.39. The first-order valence-corrected chi connectivity index (χ1v) is 6.22. The summed E-state index contributed by atoms with van der Waals surface area (Å²) in [6.07, 6.45) is 1.03. The average Bonchev–Trinajstić information content (AvgIpc) is 3.00. The molecule has 5 heteroatoms. The molecule has 20 heavy (non-hydrogen) atoms. The number of nitrogens with one attached hydrogen (secondary N) is 1. The number of benzene rings is 1. The third-order valence-corrected chi connectivity index (χ3v) is 3.46. The van der Waals surface area contributed by atoms with Gasteiger partial charge in [0.25, 0.3) is 5.91 Å². The molecule has 2 N–H and O–H groups in total. The highest BCUT2D eigenvalue weighted by Crippen LogP contribution is 2.39. The maximum atomic E-state index is 12.1. The van der Waals surface area contributed by atoms with Crippen molar-refractivity contribution in [2.24, 2.45) is 0 Å². The zero-order valence-electron chi connectivity index (χ0n) is 10.8. The van der Waals surface area contributed by atoms with Gasteiger partial charge >= 0.3 is 0 Å². The van der Waals surface area contributed by atoms with Gasteiger partial charge in [-0.05, 0) is 25.1 Å². The lowest BCUT2D eigenvalue weighted by molar-refractivity contribution is -0.133. The maximum Gasteiger partial charge on any atom is 0.261 e. The molecule has 1 aromatic heterocycles. The number of amides is 1. The molecule has 1 amide bonds. The summed E-state index contributed by atoms with van der Waals surface area (Å²) in [5.41, 5.74) is 0.0347. The van der Waals surface area contributed by atoms with Crippen LogP contribution in [0.25, 0.3) is 0 Å². The van der Waals surface area contributed by atoms with Gasteiger partial charge in [0, 0.05) is 11.3 Å². The minimum absolute atomic E-state index is 0.132. The summed E-state index contributed by atoms with van der Waals surface area (Å²) in [4.78, 5) is 24.1. The molecule has 1 atom stereocenters. The fourth-order valence-electron chi connectivity index (χ4n) is 2.39. The Kier molecular flexibility index (Phi) is 2.72. The Morgan fingerprint density at radius 3 is 2.90 bits per heavy atom. The van der Waals surface area contributed by atoms with Crippen LogP contribution >= 0.6 is 0 Å². The molecule has 1 aliphatic heterocycles. The molecule has 0 unspecified atom stereocenters. The quantitative estimate of drug-likeness (QED) is 0.837. The fraction of sp³-hybridized carbons (Fsp3) is 0.200. The molecule has 0 saturated carbocycles. The first-order valence-electron chi connectivity index (χ1n) is 6.22. The van der Waals surface area contributed by atoms with E-state index in [1.807, 2.05) is 13.0 Å². The Morgan fingerprint density at radius 2 is 2.20 bits per heavy atom. The zero-order chi connectivity index (χ0) is 14.3. The van der Waals surface area contributed by atoms with Gasteiger partial charge in [-0.1, -0.05) is 17.7 Å². The summed E-state index contributed by atoms with van der Waals surface area (Å²) >= 11 is 0. The maximum absolute atomic E-state index is 12.1. The topological polar surface area (TPSA) is 79.5 Å². The summed E-state index contributed by atoms with van der Waals surface area (Å²) in [6.45, 7) is 1.86. The number of rotatable bonds is 3. The molecule has 1 aromatic carbocycles. The molecule has 0 fully saturated rings. The van der Waals surface area contributed by atoms with Crippen LogP contribution in [0.15, 0.2) is 41.0 Å². The Balaban J connectivity index is 1.98. The van der Waals surface area contributed by atoms with Crippen molar-refractivity contribution in [3.63, 3.8) is 0 Å². The predicted molar refractivity (Wildman–Crippen MR) is 71.4 cm³/mol. The second-order valence-corrected chi connectivity index (χ2v) is 4.94. The summed E-state index contributed by atoms with van der Waals surface area (Å²) in [6, 6.07) is 8.36. The van der Waals surface area contributed by atoms with Crippen LogP contribution in [0.4, 0.5) is 5.69 Å². The van der Waals surface area contributed by atoms with E-state index in [4.69, 9.17) is 4.42 Å². The van der Waals surface area contributed by atoms with Crippen LogP contribution in [0.2, 0.25) is 0 Å². The second kappa shape index (κ2) is 4.31. The largest absolute Gasteiger partial charge is 0.461 e. The number of fused-ring (bicyclic) bond motifs is 1. The highest BCUT2D eigenvalue weighted by Gasteiger charge is 2.47. The normalized spacial score (nSPS) is 20.6. The van der Waals surface area contributed by atoms with Crippen molar-refractivity contribution in [1.29, 1.82) is 0 Å². The SMILES string of the molecule is Cc1ccc2c(c1)[C@](O)(CC(=O)c1ccco1)C(=O)N2. The van der Waals surface area contributed by atoms with Gasteiger partial charge in [-0.15, -0.1) is 0 Å². The lowest BCUT2D eigenvalue weighted by Gasteiger charge is -2.19. The zero-order valence-corrected chi connectivity index (χ0v) is 10.8. The van der Waals surface area contributed by atoms with Gasteiger partial charge in [0.2, 0.25) is 5.78 Å². The van der Waals surface area contributed by atoms with E-state index in [2.05, 4.69) is 5.32 Å². The number of aliphatic hydroxyl groups is 1. The lowest BCUT2D eigenvalue weighted by atomic mass is 9.88. The summed E-state index contributed by atoms with van der Waals surface area (Å²) in [5, 5.41) is 13.2. The molecule has 0 saturated heterocycles. The standard InChI is InChI=1S/C15H13NO4/c1-9-4-5-11-10(7-9)15(19,14(18)16-11)8-12(17)13-3-2-6-20-13/h2-7,19H,8H2,1H3,(H,16,18)/t15-/m1/s1. The molecule has 3 rings (SSSR count). The van der Waals surface area contributed by atoms with Crippen LogP contribution in [-0.2, 0) is 10.4 Å². The van der Waals surface area contributed by atoms with Crippen LogP contribution in [0, 0.1) is 6.92 Å². The predicted octanol–water partition coefficient (Wildman–Crippen LogP) is 2.00. The number of aryl methyl sites for hydroxylation is 1. The van der Waals surface area contributed by atoms with E-state index in [9.17, 15) is 14.7 Å². The molecule has 5 nitrogen and oxygen atoms in total. The lowest BCUT2D eigenvalue weighted by Crippen LogP contribution is -2.36. The number of Topliss-reactive ketones (excluding diaryl/α,β-unsaturated/α-hetero) is 1. The number of hydrogen-bond donors (Lipinski definition) is 2. The third-order valence-electron chi connectivity index (χ3n) is 3.46. The molecular formula is C15H13NO4. The van der Waals surface area contributed by atoms with Crippen molar-refractivity contribution in [2.75, 3.05) is 5.32 Å². The van der Waals surface area contributed by atoms with Gasteiger partial charge in [0.1, 0.15) is 0 Å². The molecule has 2 aromatic rings. The number of anilines is 1. The Hall–Kier alpha value is -2.40. The van der Waals surface area contributed by atoms with E-state index in [1.165, 1.54) is 12.3 Å². The van der Waals surface area contributed by atoms with Crippen LogP contribution in [0.1, 0.15) is 28.1 Å². The third kappa shape index (κ3) is 1.83. The molecule has 0 spiro atoms. The van der Waals surface area contributed by atoms with Gasteiger partial charge in [-0.2, -0.15) is 0 Å². The Bertz CT molecular complexity index is 690. The van der Waals surface area contributed by atoms with E-state index in [1.54, 1.807) is 18.2 Å². The van der Waals surface area contributed by atoms with Gasteiger partial charge in [0.05, 0.1) is 12.7 Å².